The molecule has 0 amide bonds. The van der Waals surface area contributed by atoms with Gasteiger partial charge in [-0.3, -0.25) is 5.32 Å². The van der Waals surface area contributed by atoms with Crippen LogP contribution >= 0.6 is 0 Å². The molecule has 4 heteroatoms. The van der Waals surface area contributed by atoms with E-state index in [1.165, 1.54) is 7.11 Å². The van der Waals surface area contributed by atoms with Crippen molar-refractivity contribution in [2.45, 2.75) is 38.8 Å². The Labute approximate surface area is 121 Å². The number of ether oxygens (including phenoxy) is 2. The monoisotopic (exact) mass is 279 g/mol. The van der Waals surface area contributed by atoms with Gasteiger partial charge in [-0.15, -0.1) is 0 Å². The summed E-state index contributed by atoms with van der Waals surface area (Å²) in [6.45, 7) is 6.93. The number of nitrogens with one attached hydrogen (secondary N) is 1. The summed E-state index contributed by atoms with van der Waals surface area (Å²) in [5, 5.41) is 3.31. The zero-order valence-corrected chi connectivity index (χ0v) is 12.8. The summed E-state index contributed by atoms with van der Waals surface area (Å²) in [5.74, 6) is -0.321. The maximum Gasteiger partial charge on any atom is 0.333 e. The smallest absolute Gasteiger partial charge is 0.333 e. The second kappa shape index (κ2) is 8.02. The summed E-state index contributed by atoms with van der Waals surface area (Å²) >= 11 is 0. The van der Waals surface area contributed by atoms with Crippen LogP contribution in [0.2, 0.25) is 0 Å². The summed E-state index contributed by atoms with van der Waals surface area (Å²) < 4.78 is 10.7. The molecule has 20 heavy (non-hydrogen) atoms. The van der Waals surface area contributed by atoms with E-state index >= 15 is 0 Å². The Bertz CT molecular complexity index is 405. The van der Waals surface area contributed by atoms with Crippen LogP contribution in [0.15, 0.2) is 30.3 Å². The Morgan fingerprint density at radius 2 is 1.95 bits per heavy atom. The molecule has 1 atom stereocenters. The predicted molar refractivity (Wildman–Crippen MR) is 79.5 cm³/mol. The molecule has 0 saturated carbocycles. The van der Waals surface area contributed by atoms with Gasteiger partial charge in [-0.1, -0.05) is 37.3 Å². The molecule has 0 aliphatic carbocycles. The molecule has 4 nitrogen and oxygen atoms in total. The first-order valence-corrected chi connectivity index (χ1v) is 7.07. The molecule has 0 fully saturated rings. The van der Waals surface area contributed by atoms with E-state index in [1.54, 1.807) is 0 Å². The summed E-state index contributed by atoms with van der Waals surface area (Å²) in [4.78, 5) is 12.4. The second-order valence-electron chi connectivity index (χ2n) is 5.05. The lowest BCUT2D eigenvalue weighted by Crippen LogP contribution is -2.54. The molecule has 0 saturated heterocycles. The van der Waals surface area contributed by atoms with Crippen molar-refractivity contribution in [2.24, 2.45) is 0 Å². The lowest BCUT2D eigenvalue weighted by Gasteiger charge is -2.33. The van der Waals surface area contributed by atoms with Crippen molar-refractivity contribution in [3.63, 3.8) is 0 Å². The van der Waals surface area contributed by atoms with Crippen LogP contribution in [0.3, 0.4) is 0 Å². The number of rotatable bonds is 8. The number of hydrogen-bond donors (Lipinski definition) is 1. The van der Waals surface area contributed by atoms with Crippen molar-refractivity contribution in [1.29, 1.82) is 0 Å². The van der Waals surface area contributed by atoms with Crippen LogP contribution in [-0.2, 0) is 19.8 Å². The van der Waals surface area contributed by atoms with Crippen molar-refractivity contribution in [2.75, 3.05) is 20.3 Å². The van der Waals surface area contributed by atoms with Crippen molar-refractivity contribution in [3.05, 3.63) is 35.9 Å². The Balaban J connectivity index is 3.14. The fourth-order valence-corrected chi connectivity index (χ4v) is 2.01. The predicted octanol–water partition coefficient (Wildman–Crippen LogP) is 2.48. The lowest BCUT2D eigenvalue weighted by molar-refractivity contribution is -0.153. The fourth-order valence-electron chi connectivity index (χ4n) is 2.01. The van der Waals surface area contributed by atoms with Gasteiger partial charge in [0, 0.05) is 0 Å². The molecule has 0 aliphatic rings. The number of esters is 1. The Morgan fingerprint density at radius 1 is 1.30 bits per heavy atom. The number of hydrogen-bond acceptors (Lipinski definition) is 4. The van der Waals surface area contributed by atoms with Gasteiger partial charge in [-0.05, 0) is 32.4 Å². The quantitative estimate of drug-likeness (QED) is 0.743. The van der Waals surface area contributed by atoms with Gasteiger partial charge < -0.3 is 9.47 Å². The van der Waals surface area contributed by atoms with Gasteiger partial charge in [-0.2, -0.15) is 0 Å². The van der Waals surface area contributed by atoms with E-state index in [2.05, 4.69) is 12.2 Å². The zero-order chi connectivity index (χ0) is 15.0. The van der Waals surface area contributed by atoms with Crippen LogP contribution in [-0.4, -0.2) is 32.3 Å². The molecule has 0 bridgehead atoms. The lowest BCUT2D eigenvalue weighted by atomic mass is 9.90. The van der Waals surface area contributed by atoms with Gasteiger partial charge >= 0.3 is 5.97 Å². The van der Waals surface area contributed by atoms with Crippen LogP contribution in [0.5, 0.6) is 0 Å². The molecular formula is C16H25NO3. The minimum atomic E-state index is -0.948. The van der Waals surface area contributed by atoms with Gasteiger partial charge in [0.1, 0.15) is 0 Å². The molecule has 1 N–H and O–H groups in total. The van der Waals surface area contributed by atoms with Crippen LogP contribution in [0, 0.1) is 0 Å². The number of carbonyl (C=O) groups is 1. The SMILES string of the molecule is CCCNC(COC(C)C)(C(=O)OC)c1ccccc1. The highest BCUT2D eigenvalue weighted by atomic mass is 16.5. The summed E-state index contributed by atoms with van der Waals surface area (Å²) in [5.41, 5.74) is -0.0861. The molecule has 112 valence electrons. The van der Waals surface area contributed by atoms with Gasteiger partial charge in [0.15, 0.2) is 5.54 Å². The van der Waals surface area contributed by atoms with Crippen LogP contribution in [0.25, 0.3) is 0 Å². The Kier molecular flexibility index (Phi) is 6.68. The normalized spacial score (nSPS) is 14.1. The van der Waals surface area contributed by atoms with E-state index < -0.39 is 5.54 Å². The third kappa shape index (κ3) is 4.05. The van der Waals surface area contributed by atoms with Gasteiger partial charge in [0.05, 0.1) is 19.8 Å². The molecule has 0 aliphatic heterocycles. The highest BCUT2D eigenvalue weighted by Gasteiger charge is 2.41. The first-order chi connectivity index (χ1) is 9.56. The van der Waals surface area contributed by atoms with Crippen molar-refractivity contribution in [1.82, 2.24) is 5.32 Å². The highest BCUT2D eigenvalue weighted by molar-refractivity contribution is 5.82. The molecule has 1 aromatic rings. The molecule has 0 heterocycles. The molecular weight excluding hydrogens is 254 g/mol. The van der Waals surface area contributed by atoms with Crippen molar-refractivity contribution in [3.8, 4) is 0 Å². The minimum Gasteiger partial charge on any atom is -0.467 e. The minimum absolute atomic E-state index is 0.0474. The molecule has 1 aromatic carbocycles. The number of benzene rings is 1. The third-order valence-electron chi connectivity index (χ3n) is 3.11. The van der Waals surface area contributed by atoms with Gasteiger partial charge in [-0.25, -0.2) is 4.79 Å². The Morgan fingerprint density at radius 3 is 2.45 bits per heavy atom. The van der Waals surface area contributed by atoms with Gasteiger partial charge in [0.25, 0.3) is 0 Å². The Hall–Kier alpha value is -1.39. The number of methoxy groups -OCH3 is 1. The highest BCUT2D eigenvalue weighted by Crippen LogP contribution is 2.24. The number of carbonyl (C=O) groups excluding carboxylic acids is 1. The average Bonchev–Trinajstić information content (AvgIpc) is 2.48. The first kappa shape index (κ1) is 16.7. The maximum atomic E-state index is 12.4. The topological polar surface area (TPSA) is 47.6 Å². The zero-order valence-electron chi connectivity index (χ0n) is 12.8. The van der Waals surface area contributed by atoms with E-state index in [0.29, 0.717) is 6.54 Å². The van der Waals surface area contributed by atoms with Crippen LogP contribution in [0.1, 0.15) is 32.8 Å². The maximum absolute atomic E-state index is 12.4. The summed E-state index contributed by atoms with van der Waals surface area (Å²) in [6, 6.07) is 9.59. The van der Waals surface area contributed by atoms with Crippen molar-refractivity contribution < 1.29 is 14.3 Å². The average molecular weight is 279 g/mol. The first-order valence-electron chi connectivity index (χ1n) is 7.07. The van der Waals surface area contributed by atoms with E-state index in [1.807, 2.05) is 44.2 Å². The van der Waals surface area contributed by atoms with E-state index in [4.69, 9.17) is 9.47 Å². The molecule has 1 rings (SSSR count). The fraction of sp³-hybridized carbons (Fsp3) is 0.562. The van der Waals surface area contributed by atoms with Gasteiger partial charge in [0.2, 0.25) is 0 Å². The molecule has 1 unspecified atom stereocenters. The summed E-state index contributed by atoms with van der Waals surface area (Å²) in [7, 11) is 1.41. The molecule has 0 radical (unpaired) electrons. The largest absolute Gasteiger partial charge is 0.467 e. The van der Waals surface area contributed by atoms with Crippen molar-refractivity contribution >= 4 is 5.97 Å². The van der Waals surface area contributed by atoms with Crippen LogP contribution < -0.4 is 5.32 Å². The van der Waals surface area contributed by atoms with E-state index in [0.717, 1.165) is 12.0 Å². The second-order valence-corrected chi connectivity index (χ2v) is 5.05. The molecule has 0 aromatic heterocycles. The van der Waals surface area contributed by atoms with E-state index in [-0.39, 0.29) is 18.7 Å². The van der Waals surface area contributed by atoms with E-state index in [9.17, 15) is 4.79 Å². The summed E-state index contributed by atoms with van der Waals surface area (Å²) in [6.07, 6.45) is 0.971. The molecule has 0 spiro atoms. The van der Waals surface area contributed by atoms with Crippen LogP contribution in [0.4, 0.5) is 0 Å². The standard InChI is InChI=1S/C16H25NO3/c1-5-11-17-16(15(18)19-4,12-20-13(2)3)14-9-7-6-8-10-14/h6-10,13,17H,5,11-12H2,1-4H3. The third-order valence-corrected chi connectivity index (χ3v) is 3.11.